The van der Waals surface area contributed by atoms with Crippen LogP contribution in [0.1, 0.15) is 18.1 Å². The highest BCUT2D eigenvalue weighted by atomic mass is 35.5. The molecule has 7 nitrogen and oxygen atoms in total. The standard InChI is InChI=1S/C26H27ClFN3O4S/c1-18-8-14-23(15-9-18)36(34,35)31(22-12-10-21(27)11-13-22)17-25(32)30(19(2)26(33)29-3)16-20-6-4-5-7-24(20)28/h4-15,19H,16-17H2,1-3H3,(H,29,33)/t19-/m0/s1. The number of nitrogens with zero attached hydrogens (tertiary/aromatic N) is 2. The number of amides is 2. The SMILES string of the molecule is CNC(=O)[C@H](C)N(Cc1ccccc1F)C(=O)CN(c1ccc(Cl)cc1)S(=O)(=O)c1ccc(C)cc1. The second-order valence-electron chi connectivity index (χ2n) is 8.20. The van der Waals surface area contributed by atoms with Gasteiger partial charge in [0.2, 0.25) is 11.8 Å². The Balaban J connectivity index is 2.03. The van der Waals surface area contributed by atoms with E-state index >= 15 is 0 Å². The zero-order valence-electron chi connectivity index (χ0n) is 20.1. The molecule has 0 aliphatic carbocycles. The number of benzene rings is 3. The maximum atomic E-state index is 14.4. The summed E-state index contributed by atoms with van der Waals surface area (Å²) in [5.74, 6) is -1.69. The molecule has 0 aliphatic rings. The predicted molar refractivity (Wildman–Crippen MR) is 138 cm³/mol. The Morgan fingerprint density at radius 3 is 2.19 bits per heavy atom. The highest BCUT2D eigenvalue weighted by Gasteiger charge is 2.32. The molecule has 1 atom stereocenters. The molecule has 0 radical (unpaired) electrons. The van der Waals surface area contributed by atoms with Crippen LogP contribution in [0.4, 0.5) is 10.1 Å². The average Bonchev–Trinajstić information content (AvgIpc) is 2.86. The van der Waals surface area contributed by atoms with E-state index < -0.39 is 40.2 Å². The molecule has 0 bridgehead atoms. The first-order chi connectivity index (χ1) is 17.0. The minimum Gasteiger partial charge on any atom is -0.357 e. The molecule has 0 spiro atoms. The number of anilines is 1. The fourth-order valence-corrected chi connectivity index (χ4v) is 5.12. The molecule has 3 rings (SSSR count). The molecule has 3 aromatic rings. The van der Waals surface area contributed by atoms with E-state index in [1.807, 2.05) is 6.92 Å². The van der Waals surface area contributed by atoms with Gasteiger partial charge < -0.3 is 10.2 Å². The Hall–Kier alpha value is -3.43. The number of hydrogen-bond donors (Lipinski definition) is 1. The first-order valence-electron chi connectivity index (χ1n) is 11.1. The number of hydrogen-bond acceptors (Lipinski definition) is 4. The monoisotopic (exact) mass is 531 g/mol. The van der Waals surface area contributed by atoms with Gasteiger partial charge in [0.15, 0.2) is 0 Å². The summed E-state index contributed by atoms with van der Waals surface area (Å²) in [6.07, 6.45) is 0. The van der Waals surface area contributed by atoms with Crippen molar-refractivity contribution in [3.63, 3.8) is 0 Å². The fourth-order valence-electron chi connectivity index (χ4n) is 3.58. The van der Waals surface area contributed by atoms with Crippen LogP contribution >= 0.6 is 11.6 Å². The number of carbonyl (C=O) groups excluding carboxylic acids is 2. The Kier molecular flexibility index (Phi) is 8.70. The molecule has 1 N–H and O–H groups in total. The minimum absolute atomic E-state index is 0.00384. The Morgan fingerprint density at radius 2 is 1.61 bits per heavy atom. The maximum absolute atomic E-state index is 14.4. The van der Waals surface area contributed by atoms with Crippen molar-refractivity contribution in [2.24, 2.45) is 0 Å². The van der Waals surface area contributed by atoms with Gasteiger partial charge in [0.25, 0.3) is 10.0 Å². The Labute approximate surface area is 215 Å². The largest absolute Gasteiger partial charge is 0.357 e. The summed E-state index contributed by atoms with van der Waals surface area (Å²) in [6.45, 7) is 2.49. The van der Waals surface area contributed by atoms with E-state index in [9.17, 15) is 22.4 Å². The van der Waals surface area contributed by atoms with E-state index in [-0.39, 0.29) is 22.7 Å². The lowest BCUT2D eigenvalue weighted by Crippen LogP contribution is -2.50. The number of carbonyl (C=O) groups is 2. The summed E-state index contributed by atoms with van der Waals surface area (Å²) in [5, 5.41) is 2.88. The molecule has 0 unspecified atom stereocenters. The van der Waals surface area contributed by atoms with Crippen LogP contribution < -0.4 is 9.62 Å². The Bertz CT molecular complexity index is 1330. The zero-order chi connectivity index (χ0) is 26.5. The molecule has 2 amide bonds. The summed E-state index contributed by atoms with van der Waals surface area (Å²) in [7, 11) is -2.75. The van der Waals surface area contributed by atoms with E-state index in [2.05, 4.69) is 5.32 Å². The second kappa shape index (κ2) is 11.5. The van der Waals surface area contributed by atoms with Gasteiger partial charge >= 0.3 is 0 Å². The highest BCUT2D eigenvalue weighted by Crippen LogP contribution is 2.26. The van der Waals surface area contributed by atoms with Gasteiger partial charge in [-0.1, -0.05) is 47.5 Å². The molecule has 190 valence electrons. The third-order valence-corrected chi connectivity index (χ3v) is 7.75. The van der Waals surface area contributed by atoms with Gasteiger partial charge in [-0.15, -0.1) is 0 Å². The molecular formula is C26H27ClFN3O4S. The van der Waals surface area contributed by atoms with E-state index in [0.29, 0.717) is 5.02 Å². The van der Waals surface area contributed by atoms with E-state index in [4.69, 9.17) is 11.6 Å². The fraction of sp³-hybridized carbons (Fsp3) is 0.231. The van der Waals surface area contributed by atoms with Gasteiger partial charge in [-0.05, 0) is 56.3 Å². The summed E-state index contributed by atoms with van der Waals surface area (Å²) in [6, 6.07) is 17.2. The molecule has 3 aromatic carbocycles. The van der Waals surface area contributed by atoms with Gasteiger partial charge in [-0.25, -0.2) is 12.8 Å². The van der Waals surface area contributed by atoms with E-state index in [0.717, 1.165) is 14.8 Å². The maximum Gasteiger partial charge on any atom is 0.264 e. The molecule has 0 saturated carbocycles. The second-order valence-corrected chi connectivity index (χ2v) is 10.5. The smallest absolute Gasteiger partial charge is 0.264 e. The van der Waals surface area contributed by atoms with E-state index in [1.165, 1.54) is 68.6 Å². The van der Waals surface area contributed by atoms with Gasteiger partial charge in [0.05, 0.1) is 10.6 Å². The van der Waals surface area contributed by atoms with E-state index in [1.54, 1.807) is 18.2 Å². The summed E-state index contributed by atoms with van der Waals surface area (Å²) < 4.78 is 42.7. The van der Waals surface area contributed by atoms with Gasteiger partial charge in [0, 0.05) is 24.2 Å². The number of halogens is 2. The summed E-state index contributed by atoms with van der Waals surface area (Å²) in [5.41, 5.74) is 1.28. The van der Waals surface area contributed by atoms with Crippen molar-refractivity contribution in [2.45, 2.75) is 31.3 Å². The summed E-state index contributed by atoms with van der Waals surface area (Å²) in [4.78, 5) is 27.2. The zero-order valence-corrected chi connectivity index (χ0v) is 21.7. The van der Waals surface area contributed by atoms with Gasteiger partial charge in [-0.3, -0.25) is 13.9 Å². The molecule has 0 aromatic heterocycles. The number of likely N-dealkylation sites (N-methyl/N-ethyl adjacent to an activating group) is 1. The first-order valence-corrected chi connectivity index (χ1v) is 13.0. The van der Waals surface area contributed by atoms with Gasteiger partial charge in [-0.2, -0.15) is 0 Å². The summed E-state index contributed by atoms with van der Waals surface area (Å²) >= 11 is 6.00. The Morgan fingerprint density at radius 1 is 1.00 bits per heavy atom. The average molecular weight is 532 g/mol. The lowest BCUT2D eigenvalue weighted by molar-refractivity contribution is -0.139. The molecule has 0 fully saturated rings. The molecule has 0 aliphatic heterocycles. The van der Waals surface area contributed by atoms with Crippen LogP contribution in [0.25, 0.3) is 0 Å². The van der Waals surface area contributed by atoms with Crippen LogP contribution in [0.3, 0.4) is 0 Å². The number of rotatable bonds is 9. The van der Waals surface area contributed by atoms with Crippen molar-refractivity contribution in [3.05, 3.63) is 94.8 Å². The minimum atomic E-state index is -4.18. The predicted octanol–water partition coefficient (Wildman–Crippen LogP) is 4.15. The number of sulfonamides is 1. The van der Waals surface area contributed by atoms with Crippen LogP contribution in [0.15, 0.2) is 77.7 Å². The quantitative estimate of drug-likeness (QED) is 0.449. The van der Waals surface area contributed by atoms with Crippen molar-refractivity contribution in [1.82, 2.24) is 10.2 Å². The molecule has 0 saturated heterocycles. The lowest BCUT2D eigenvalue weighted by Gasteiger charge is -2.31. The third-order valence-electron chi connectivity index (χ3n) is 5.71. The molecular weight excluding hydrogens is 505 g/mol. The van der Waals surface area contributed by atoms with Crippen molar-refractivity contribution >= 4 is 39.1 Å². The van der Waals surface area contributed by atoms with Crippen molar-refractivity contribution in [3.8, 4) is 0 Å². The lowest BCUT2D eigenvalue weighted by atomic mass is 10.1. The topological polar surface area (TPSA) is 86.8 Å². The molecule has 36 heavy (non-hydrogen) atoms. The molecule has 0 heterocycles. The normalized spacial score (nSPS) is 12.0. The molecule has 10 heteroatoms. The number of nitrogens with one attached hydrogen (secondary N) is 1. The first kappa shape index (κ1) is 27.2. The van der Waals surface area contributed by atoms with Gasteiger partial charge in [0.1, 0.15) is 18.4 Å². The van der Waals surface area contributed by atoms with Crippen molar-refractivity contribution < 1.29 is 22.4 Å². The highest BCUT2D eigenvalue weighted by molar-refractivity contribution is 7.92. The third kappa shape index (κ3) is 6.22. The van der Waals surface area contributed by atoms with Crippen LogP contribution in [-0.4, -0.2) is 44.8 Å². The van der Waals surface area contributed by atoms with Crippen LogP contribution in [0, 0.1) is 12.7 Å². The van der Waals surface area contributed by atoms with Crippen LogP contribution in [0.2, 0.25) is 5.02 Å². The number of aryl methyl sites for hydroxylation is 1. The van der Waals surface area contributed by atoms with Crippen molar-refractivity contribution in [1.29, 1.82) is 0 Å². The van der Waals surface area contributed by atoms with Crippen LogP contribution in [0.5, 0.6) is 0 Å². The van der Waals surface area contributed by atoms with Crippen LogP contribution in [-0.2, 0) is 26.2 Å². The van der Waals surface area contributed by atoms with Crippen molar-refractivity contribution in [2.75, 3.05) is 17.9 Å².